The summed E-state index contributed by atoms with van der Waals surface area (Å²) in [4.78, 5) is 19.9. The number of amides is 1. The molecule has 0 aromatic carbocycles. The maximum absolute atomic E-state index is 11.3. The van der Waals surface area contributed by atoms with Crippen molar-refractivity contribution in [2.75, 3.05) is 13.2 Å². The Morgan fingerprint density at radius 2 is 1.94 bits per heavy atom. The summed E-state index contributed by atoms with van der Waals surface area (Å²) >= 11 is 0. The van der Waals surface area contributed by atoms with Crippen LogP contribution in [0, 0.1) is 0 Å². The van der Waals surface area contributed by atoms with Gasteiger partial charge in [-0.05, 0) is 19.8 Å². The van der Waals surface area contributed by atoms with Crippen molar-refractivity contribution < 1.29 is 23.5 Å². The van der Waals surface area contributed by atoms with Crippen molar-refractivity contribution >= 4 is 14.3 Å². The lowest BCUT2D eigenvalue weighted by Gasteiger charge is -2.31. The molecule has 0 saturated carbocycles. The second-order valence-corrected chi connectivity index (χ2v) is 4.21. The van der Waals surface area contributed by atoms with Gasteiger partial charge in [-0.3, -0.25) is 4.57 Å². The Bertz CT molecular complexity index is 242. The summed E-state index contributed by atoms with van der Waals surface area (Å²) in [7, 11) is -2.98. The third kappa shape index (κ3) is 5.49. The molecule has 0 aromatic heterocycles. The number of carbonyl (C=O) groups is 1. The van der Waals surface area contributed by atoms with E-state index in [0.29, 0.717) is 12.8 Å². The summed E-state index contributed by atoms with van der Waals surface area (Å²) in [5, 5.41) is 2.67. The fourth-order valence-corrected chi connectivity index (χ4v) is 1.65. The molecule has 1 amide bonds. The second-order valence-electron chi connectivity index (χ2n) is 3.39. The van der Waals surface area contributed by atoms with Crippen LogP contribution in [-0.4, -0.2) is 29.7 Å². The molecule has 0 aliphatic rings. The highest BCUT2D eigenvalue weighted by molar-refractivity contribution is 7.32. The predicted molar refractivity (Wildman–Crippen MR) is 60.6 cm³/mol. The Kier molecular flexibility index (Phi) is 7.38. The first kappa shape index (κ1) is 15.4. The van der Waals surface area contributed by atoms with E-state index in [2.05, 4.69) is 5.32 Å². The van der Waals surface area contributed by atoms with Crippen molar-refractivity contribution in [2.24, 2.45) is 0 Å². The number of nitrogens with one attached hydrogen (secondary N) is 1. The number of alkyl carbamates (subject to hydrolysis) is 1. The number of hydrogen-bond acceptors (Lipinski definition) is 4. The summed E-state index contributed by atoms with van der Waals surface area (Å²) in [6, 6.07) is 0. The molecule has 0 aromatic rings. The molecule has 0 aliphatic heterocycles. The zero-order chi connectivity index (χ0) is 12.6. The number of hydrogen-bond donors (Lipinski definition) is 2. The summed E-state index contributed by atoms with van der Waals surface area (Å²) in [6.07, 6.45) is 0.655. The summed E-state index contributed by atoms with van der Waals surface area (Å²) < 4.78 is 20.0. The van der Waals surface area contributed by atoms with Crippen molar-refractivity contribution in [2.45, 2.75) is 39.2 Å². The minimum absolute atomic E-state index is 0.00705. The van der Waals surface area contributed by atoms with Gasteiger partial charge in [0.2, 0.25) is 0 Å². The Morgan fingerprint density at radius 1 is 1.38 bits per heavy atom. The third-order valence-corrected chi connectivity index (χ3v) is 2.86. The SMILES string of the molecule is CCOC(=O)NC(CC)(CC)CO[PH](=O)O. The fourth-order valence-electron chi connectivity index (χ4n) is 1.25. The Hall–Kier alpha value is -0.580. The molecule has 16 heavy (non-hydrogen) atoms. The van der Waals surface area contributed by atoms with E-state index in [1.54, 1.807) is 6.92 Å². The van der Waals surface area contributed by atoms with E-state index in [-0.39, 0.29) is 13.2 Å². The van der Waals surface area contributed by atoms with E-state index in [4.69, 9.17) is 14.2 Å². The van der Waals surface area contributed by atoms with E-state index in [1.165, 1.54) is 0 Å². The van der Waals surface area contributed by atoms with Crippen molar-refractivity contribution in [1.29, 1.82) is 0 Å². The van der Waals surface area contributed by atoms with Crippen LogP contribution in [0.25, 0.3) is 0 Å². The fraction of sp³-hybridized carbons (Fsp3) is 0.889. The molecule has 2 N–H and O–H groups in total. The lowest BCUT2D eigenvalue weighted by atomic mass is 9.94. The van der Waals surface area contributed by atoms with Crippen LogP contribution in [0.15, 0.2) is 0 Å². The summed E-state index contributed by atoms with van der Waals surface area (Å²) in [6.45, 7) is 5.74. The van der Waals surface area contributed by atoms with Crippen LogP contribution >= 0.6 is 8.25 Å². The lowest BCUT2D eigenvalue weighted by molar-refractivity contribution is 0.115. The zero-order valence-corrected chi connectivity index (χ0v) is 10.9. The van der Waals surface area contributed by atoms with Gasteiger partial charge in [0.15, 0.2) is 0 Å². The topological polar surface area (TPSA) is 84.9 Å². The molecule has 0 rings (SSSR count). The monoisotopic (exact) mass is 253 g/mol. The highest BCUT2D eigenvalue weighted by atomic mass is 31.1. The van der Waals surface area contributed by atoms with Gasteiger partial charge in [-0.25, -0.2) is 4.79 Å². The minimum Gasteiger partial charge on any atom is -0.450 e. The minimum atomic E-state index is -2.98. The second kappa shape index (κ2) is 7.65. The van der Waals surface area contributed by atoms with E-state index in [1.807, 2.05) is 13.8 Å². The predicted octanol–water partition coefficient (Wildman–Crippen LogP) is 1.69. The number of rotatable bonds is 7. The van der Waals surface area contributed by atoms with Gasteiger partial charge in [0.25, 0.3) is 0 Å². The van der Waals surface area contributed by atoms with Crippen molar-refractivity contribution in [1.82, 2.24) is 5.32 Å². The molecule has 0 heterocycles. The smallest absolute Gasteiger partial charge is 0.407 e. The van der Waals surface area contributed by atoms with Crippen LogP contribution < -0.4 is 5.32 Å². The Balaban J connectivity index is 4.42. The Morgan fingerprint density at radius 3 is 2.31 bits per heavy atom. The largest absolute Gasteiger partial charge is 0.450 e. The summed E-state index contributed by atoms with van der Waals surface area (Å²) in [5.74, 6) is 0. The molecule has 1 atom stereocenters. The molecule has 6 nitrogen and oxygen atoms in total. The quantitative estimate of drug-likeness (QED) is 0.674. The van der Waals surface area contributed by atoms with Gasteiger partial charge < -0.3 is 19.5 Å². The third-order valence-electron chi connectivity index (χ3n) is 2.47. The molecule has 0 aliphatic carbocycles. The van der Waals surface area contributed by atoms with Crippen molar-refractivity contribution in [3.8, 4) is 0 Å². The molecule has 7 heteroatoms. The van der Waals surface area contributed by atoms with Gasteiger partial charge >= 0.3 is 14.3 Å². The Labute approximate surface area is 96.3 Å². The van der Waals surface area contributed by atoms with E-state index in [0.717, 1.165) is 0 Å². The molecule has 0 spiro atoms. The van der Waals surface area contributed by atoms with Gasteiger partial charge in [0.05, 0.1) is 18.8 Å². The average molecular weight is 253 g/mol. The normalized spacial score (nSPS) is 13.2. The molecule has 0 radical (unpaired) electrons. The van der Waals surface area contributed by atoms with Crippen LogP contribution in [-0.2, 0) is 13.8 Å². The van der Waals surface area contributed by atoms with Crippen molar-refractivity contribution in [3.63, 3.8) is 0 Å². The van der Waals surface area contributed by atoms with E-state index < -0.39 is 19.9 Å². The van der Waals surface area contributed by atoms with Gasteiger partial charge in [-0.2, -0.15) is 0 Å². The first-order valence-electron chi connectivity index (χ1n) is 5.30. The highest BCUT2D eigenvalue weighted by Gasteiger charge is 2.29. The lowest BCUT2D eigenvalue weighted by Crippen LogP contribution is -2.50. The van der Waals surface area contributed by atoms with E-state index in [9.17, 15) is 9.36 Å². The molecule has 0 saturated heterocycles. The van der Waals surface area contributed by atoms with Crippen molar-refractivity contribution in [3.05, 3.63) is 0 Å². The summed E-state index contributed by atoms with van der Waals surface area (Å²) in [5.41, 5.74) is -0.644. The van der Waals surface area contributed by atoms with Crippen LogP contribution in [0.2, 0.25) is 0 Å². The highest BCUT2D eigenvalue weighted by Crippen LogP contribution is 2.23. The molecule has 1 unspecified atom stereocenters. The van der Waals surface area contributed by atoms with Gasteiger partial charge in [-0.15, -0.1) is 0 Å². The maximum Gasteiger partial charge on any atom is 0.407 e. The van der Waals surface area contributed by atoms with Gasteiger partial charge in [-0.1, -0.05) is 13.8 Å². The standard InChI is InChI=1S/C9H20NO5P/c1-4-9(5-2,7-15-16(12)13)10-8(11)14-6-3/h16H,4-7H2,1-3H3,(H,10,11)(H,12,13). The van der Waals surface area contributed by atoms with Crippen LogP contribution in [0.1, 0.15) is 33.6 Å². The number of ether oxygens (including phenoxy) is 1. The molecule has 0 fully saturated rings. The van der Waals surface area contributed by atoms with Crippen LogP contribution in [0.5, 0.6) is 0 Å². The van der Waals surface area contributed by atoms with Gasteiger partial charge in [0.1, 0.15) is 0 Å². The molecule has 96 valence electrons. The number of carbonyl (C=O) groups excluding carboxylic acids is 1. The first-order valence-corrected chi connectivity index (χ1v) is 6.56. The zero-order valence-electron chi connectivity index (χ0n) is 9.91. The average Bonchev–Trinajstić information content (AvgIpc) is 2.24. The molecular formula is C9H20NO5P. The van der Waals surface area contributed by atoms with Gasteiger partial charge in [0, 0.05) is 0 Å². The van der Waals surface area contributed by atoms with E-state index >= 15 is 0 Å². The van der Waals surface area contributed by atoms with Crippen LogP contribution in [0.4, 0.5) is 4.79 Å². The molecule has 0 bridgehead atoms. The maximum atomic E-state index is 11.3. The van der Waals surface area contributed by atoms with Crippen LogP contribution in [0.3, 0.4) is 0 Å². The molecular weight excluding hydrogens is 233 g/mol. The first-order chi connectivity index (χ1) is 7.49.